The number of carboxylic acids is 1. The van der Waals surface area contributed by atoms with Gasteiger partial charge in [-0.15, -0.1) is 0 Å². The molecular weight excluding hydrogens is 197 g/mol. The minimum atomic E-state index is -1.82. The van der Waals surface area contributed by atoms with E-state index in [4.69, 9.17) is 10.4 Å². The Kier molecular flexibility index (Phi) is 6.34. The van der Waals surface area contributed by atoms with Gasteiger partial charge in [0.05, 0.1) is 0 Å². The minimum absolute atomic E-state index is 0. The van der Waals surface area contributed by atoms with Crippen molar-refractivity contribution in [3.63, 3.8) is 0 Å². The molecule has 0 amide bonds. The topological polar surface area (TPSA) is 83.8 Å². The zero-order valence-corrected chi connectivity index (χ0v) is 5.76. The second-order valence-electron chi connectivity index (χ2n) is 0.684. The van der Waals surface area contributed by atoms with Gasteiger partial charge in [0.1, 0.15) is 0 Å². The first-order valence-electron chi connectivity index (χ1n) is 1.27. The number of rotatable bonds is 0. The summed E-state index contributed by atoms with van der Waals surface area (Å²) >= 11 is 0. The predicted molar refractivity (Wildman–Crippen MR) is 16.4 cm³/mol. The Balaban J connectivity index is 0. The third kappa shape index (κ3) is 3.82. The molecule has 0 aliphatic carbocycles. The molecule has 0 aromatic carbocycles. The summed E-state index contributed by atoms with van der Waals surface area (Å²) in [6.07, 6.45) is 0. The minimum Gasteiger partial charge on any atom is -0.473 e. The molecule has 0 aromatic heterocycles. The molecule has 0 unspecified atom stereocenters. The van der Waals surface area contributed by atoms with Gasteiger partial charge in [-0.05, 0) is 0 Å². The maximum absolute atomic E-state index is 9.44. The Morgan fingerprint density at radius 3 is 1.75 bits per heavy atom. The second kappa shape index (κ2) is 4.79. The summed E-state index contributed by atoms with van der Waals surface area (Å²) in [5, 5.41) is 14.8. The molecule has 0 aliphatic rings. The van der Waals surface area contributed by atoms with Crippen LogP contribution in [0.3, 0.4) is 0 Å². The fraction of sp³-hybridized carbons (Fsp3) is 0. The number of hydrogen-bond donors (Lipinski definition) is 2. The molecule has 45 valence electrons. The van der Waals surface area contributed by atoms with Crippen molar-refractivity contribution in [2.75, 3.05) is 0 Å². The Morgan fingerprint density at radius 1 is 1.38 bits per heavy atom. The number of carboxylic acid groups (broad SMARTS) is 1. The van der Waals surface area contributed by atoms with Crippen molar-refractivity contribution in [2.24, 2.45) is 0 Å². The van der Waals surface area contributed by atoms with Gasteiger partial charge in [0.2, 0.25) is 0 Å². The zero-order chi connectivity index (χ0) is 5.86. The molecule has 0 aromatic rings. The van der Waals surface area contributed by atoms with Crippen LogP contribution in [0.4, 0.5) is 0 Å². The molecule has 0 rings (SSSR count). The molecule has 0 aliphatic heterocycles. The summed E-state index contributed by atoms with van der Waals surface area (Å²) in [7, 11) is 0. The summed E-state index contributed by atoms with van der Waals surface area (Å²) in [5.74, 6) is -3.50. The van der Waals surface area contributed by atoms with Gasteiger partial charge < -0.3 is 5.11 Å². The van der Waals surface area contributed by atoms with Crippen LogP contribution in [-0.4, -0.2) is 22.3 Å². The first-order valence-corrected chi connectivity index (χ1v) is 1.27. The van der Waals surface area contributed by atoms with Gasteiger partial charge in [0.15, 0.2) is 0 Å². The summed E-state index contributed by atoms with van der Waals surface area (Å²) in [5.41, 5.74) is 0. The Morgan fingerprint density at radius 2 is 1.75 bits per heavy atom. The maximum atomic E-state index is 9.44. The first-order chi connectivity index (χ1) is 3.18. The molecule has 6 heteroatoms. The van der Waals surface area contributed by atoms with E-state index in [0.717, 1.165) is 0 Å². The molecule has 5 nitrogen and oxygen atoms in total. The van der Waals surface area contributed by atoms with Crippen LogP contribution in [0.25, 0.3) is 0 Å². The standard InChI is InChI=1S/C2H2O5.Nb/c3-1(4)2(5)7-6;/h6H,(H,3,4);. The molecule has 0 spiro atoms. The van der Waals surface area contributed by atoms with Crippen molar-refractivity contribution >= 4 is 11.9 Å². The molecule has 2 N–H and O–H groups in total. The molecule has 0 bridgehead atoms. The van der Waals surface area contributed by atoms with Gasteiger partial charge >= 0.3 is 11.9 Å². The van der Waals surface area contributed by atoms with Crippen molar-refractivity contribution in [1.82, 2.24) is 0 Å². The summed E-state index contributed by atoms with van der Waals surface area (Å²) < 4.78 is 0. The zero-order valence-electron chi connectivity index (χ0n) is 3.57. The van der Waals surface area contributed by atoms with Crippen LogP contribution in [-0.2, 0) is 36.9 Å². The molecular formula is C2H2NbO5. The second-order valence-corrected chi connectivity index (χ2v) is 0.684. The van der Waals surface area contributed by atoms with E-state index in [-0.39, 0.29) is 22.4 Å². The molecule has 0 saturated carbocycles. The Labute approximate surface area is 59.7 Å². The normalized spacial score (nSPS) is 6.62. The SMILES string of the molecule is O=C(O)C(=O)OO.[Nb]. The van der Waals surface area contributed by atoms with Crippen molar-refractivity contribution in [3.05, 3.63) is 0 Å². The van der Waals surface area contributed by atoms with Crippen LogP contribution in [0.2, 0.25) is 0 Å². The molecule has 8 heavy (non-hydrogen) atoms. The largest absolute Gasteiger partial charge is 0.473 e. The number of carbonyl (C=O) groups is 2. The average Bonchev–Trinajstić information content (AvgIpc) is 1.65. The number of aliphatic carboxylic acids is 1. The predicted octanol–water partition coefficient (Wildman–Crippen LogP) is -0.915. The van der Waals surface area contributed by atoms with Crippen LogP contribution in [0.1, 0.15) is 0 Å². The van der Waals surface area contributed by atoms with Gasteiger partial charge in [-0.25, -0.2) is 9.59 Å². The van der Waals surface area contributed by atoms with E-state index in [1.54, 1.807) is 0 Å². The van der Waals surface area contributed by atoms with Crippen molar-refractivity contribution in [3.8, 4) is 0 Å². The maximum Gasteiger partial charge on any atom is 0.449 e. The van der Waals surface area contributed by atoms with Gasteiger partial charge in [0.25, 0.3) is 0 Å². The van der Waals surface area contributed by atoms with Crippen molar-refractivity contribution in [1.29, 1.82) is 0 Å². The first kappa shape index (κ1) is 10.6. The molecule has 0 fully saturated rings. The van der Waals surface area contributed by atoms with E-state index in [2.05, 4.69) is 4.89 Å². The Hall–Kier alpha value is -0.360. The Bertz CT molecular complexity index is 98.6. The van der Waals surface area contributed by atoms with Gasteiger partial charge in [-0.3, -0.25) is 4.89 Å². The van der Waals surface area contributed by atoms with Gasteiger partial charge in [-0.2, -0.15) is 5.26 Å². The van der Waals surface area contributed by atoms with Crippen LogP contribution in [0.15, 0.2) is 0 Å². The number of carbonyl (C=O) groups excluding carboxylic acids is 1. The van der Waals surface area contributed by atoms with Gasteiger partial charge in [-0.1, -0.05) is 0 Å². The molecule has 0 saturated heterocycles. The van der Waals surface area contributed by atoms with E-state index in [1.165, 1.54) is 0 Å². The van der Waals surface area contributed by atoms with E-state index in [0.29, 0.717) is 0 Å². The van der Waals surface area contributed by atoms with Crippen molar-refractivity contribution < 1.29 is 47.2 Å². The summed E-state index contributed by atoms with van der Waals surface area (Å²) in [6.45, 7) is 0. The fourth-order valence-corrected chi connectivity index (χ4v) is 0.0390. The van der Waals surface area contributed by atoms with Crippen molar-refractivity contribution in [2.45, 2.75) is 0 Å². The van der Waals surface area contributed by atoms with Crippen LogP contribution >= 0.6 is 0 Å². The molecule has 1 radical (unpaired) electrons. The monoisotopic (exact) mass is 199 g/mol. The molecule has 0 atom stereocenters. The van der Waals surface area contributed by atoms with Crippen LogP contribution < -0.4 is 0 Å². The van der Waals surface area contributed by atoms with E-state index in [1.807, 2.05) is 0 Å². The van der Waals surface area contributed by atoms with Gasteiger partial charge in [0, 0.05) is 22.4 Å². The van der Waals surface area contributed by atoms with E-state index in [9.17, 15) is 9.59 Å². The van der Waals surface area contributed by atoms with Crippen LogP contribution in [0.5, 0.6) is 0 Å². The van der Waals surface area contributed by atoms with Crippen LogP contribution in [0, 0.1) is 0 Å². The summed E-state index contributed by atoms with van der Waals surface area (Å²) in [4.78, 5) is 21.5. The molecule has 0 heterocycles. The van der Waals surface area contributed by atoms with E-state index < -0.39 is 11.9 Å². The summed E-state index contributed by atoms with van der Waals surface area (Å²) in [6, 6.07) is 0. The quantitative estimate of drug-likeness (QED) is 0.228. The third-order valence-electron chi connectivity index (χ3n) is 0.258. The average molecular weight is 199 g/mol. The fourth-order valence-electron chi connectivity index (χ4n) is 0.0390. The number of hydrogen-bond acceptors (Lipinski definition) is 4. The van der Waals surface area contributed by atoms with E-state index >= 15 is 0 Å². The smallest absolute Gasteiger partial charge is 0.449 e. The third-order valence-corrected chi connectivity index (χ3v) is 0.258.